The van der Waals surface area contributed by atoms with Gasteiger partial charge in [0.2, 0.25) is 0 Å². The van der Waals surface area contributed by atoms with Gasteiger partial charge in [0.05, 0.1) is 25.4 Å². The number of morpholine rings is 1. The zero-order valence-electron chi connectivity index (χ0n) is 15.1. The third-order valence-corrected chi connectivity index (χ3v) is 7.58. The number of hydrogen-bond acceptors (Lipinski definition) is 5. The number of nitrogens with zero attached hydrogens (tertiary/aromatic N) is 1. The molecule has 2 N–H and O–H groups in total. The van der Waals surface area contributed by atoms with Gasteiger partial charge >= 0.3 is 5.97 Å². The van der Waals surface area contributed by atoms with Crippen LogP contribution in [0.15, 0.2) is 0 Å². The lowest BCUT2D eigenvalue weighted by atomic mass is 9.59. The van der Waals surface area contributed by atoms with Crippen molar-refractivity contribution in [2.24, 2.45) is 22.5 Å². The molecule has 132 valence electrons. The van der Waals surface area contributed by atoms with Gasteiger partial charge in [-0.2, -0.15) is 0 Å². The van der Waals surface area contributed by atoms with Gasteiger partial charge in [-0.05, 0) is 42.9 Å². The molecule has 1 saturated heterocycles. The maximum absolute atomic E-state index is 12.6. The van der Waals surface area contributed by atoms with Gasteiger partial charge in [0.25, 0.3) is 0 Å². The molecule has 5 heteroatoms. The number of fused-ring (bicyclic) bond motifs is 2. The summed E-state index contributed by atoms with van der Waals surface area (Å²) in [5, 5.41) is 0. The van der Waals surface area contributed by atoms with Crippen LogP contribution in [0.4, 0.5) is 0 Å². The summed E-state index contributed by atoms with van der Waals surface area (Å²) < 4.78 is 10.9. The lowest BCUT2D eigenvalue weighted by Crippen LogP contribution is -2.71. The molecule has 3 rings (SSSR count). The second kappa shape index (κ2) is 5.71. The molecule has 23 heavy (non-hydrogen) atoms. The Morgan fingerprint density at radius 1 is 1.35 bits per heavy atom. The lowest BCUT2D eigenvalue weighted by Gasteiger charge is -2.57. The smallest absolute Gasteiger partial charge is 0.324 e. The summed E-state index contributed by atoms with van der Waals surface area (Å²) in [5.41, 5.74) is 6.51. The monoisotopic (exact) mass is 324 g/mol. The minimum absolute atomic E-state index is 0.0220. The topological polar surface area (TPSA) is 64.8 Å². The Labute approximate surface area is 139 Å². The van der Waals surface area contributed by atoms with Crippen LogP contribution in [0.2, 0.25) is 0 Å². The highest BCUT2D eigenvalue weighted by Crippen LogP contribution is 2.71. The molecule has 4 atom stereocenters. The fraction of sp³-hybridized carbons (Fsp3) is 0.944. The highest BCUT2D eigenvalue weighted by atomic mass is 16.5. The van der Waals surface area contributed by atoms with Crippen LogP contribution in [0.25, 0.3) is 0 Å². The van der Waals surface area contributed by atoms with E-state index in [1.807, 2.05) is 6.92 Å². The van der Waals surface area contributed by atoms with Crippen molar-refractivity contribution in [1.82, 2.24) is 4.90 Å². The summed E-state index contributed by atoms with van der Waals surface area (Å²) in [6, 6.07) is -0.588. The molecule has 1 aliphatic heterocycles. The molecule has 0 radical (unpaired) electrons. The van der Waals surface area contributed by atoms with Crippen LogP contribution in [0.5, 0.6) is 0 Å². The Bertz CT molecular complexity index is 475. The highest BCUT2D eigenvalue weighted by Gasteiger charge is 2.73. The van der Waals surface area contributed by atoms with Crippen molar-refractivity contribution in [2.75, 3.05) is 32.9 Å². The molecule has 1 heterocycles. The quantitative estimate of drug-likeness (QED) is 0.799. The van der Waals surface area contributed by atoms with Crippen molar-refractivity contribution in [2.45, 2.75) is 58.5 Å². The molecular formula is C18H32N2O3. The van der Waals surface area contributed by atoms with Gasteiger partial charge < -0.3 is 15.2 Å². The van der Waals surface area contributed by atoms with Gasteiger partial charge in [-0.25, -0.2) is 0 Å². The van der Waals surface area contributed by atoms with E-state index in [1.54, 1.807) is 0 Å². The second-order valence-electron chi connectivity index (χ2n) is 8.25. The summed E-state index contributed by atoms with van der Waals surface area (Å²) in [5.74, 6) is 0.374. The molecule has 0 aromatic heterocycles. The molecule has 0 spiro atoms. The number of nitrogens with two attached hydrogens (primary N) is 1. The summed E-state index contributed by atoms with van der Waals surface area (Å²) in [6.45, 7) is 12.5. The van der Waals surface area contributed by atoms with Crippen molar-refractivity contribution in [3.05, 3.63) is 0 Å². The van der Waals surface area contributed by atoms with Crippen LogP contribution >= 0.6 is 0 Å². The van der Waals surface area contributed by atoms with Crippen molar-refractivity contribution in [3.63, 3.8) is 0 Å². The normalized spacial score (nSPS) is 41.0. The number of esters is 1. The second-order valence-corrected chi connectivity index (χ2v) is 8.25. The SMILES string of the molecule is CCOC(=O)[C@H](N)[C@@]1(N2CCOCC2)C[C@H]2CC[C@@]1(C)C2(C)C. The van der Waals surface area contributed by atoms with Crippen LogP contribution in [-0.2, 0) is 14.3 Å². The first kappa shape index (κ1) is 17.2. The number of ether oxygens (including phenoxy) is 2. The van der Waals surface area contributed by atoms with Crippen LogP contribution < -0.4 is 5.73 Å². The first-order chi connectivity index (χ1) is 10.8. The molecule has 2 aliphatic carbocycles. The van der Waals surface area contributed by atoms with E-state index in [1.165, 1.54) is 6.42 Å². The van der Waals surface area contributed by atoms with E-state index < -0.39 is 6.04 Å². The molecule has 0 amide bonds. The van der Waals surface area contributed by atoms with Crippen molar-refractivity contribution >= 4 is 5.97 Å². The molecule has 3 aliphatic rings. The standard InChI is InChI=1S/C18H32N2O3/c1-5-23-15(21)14(19)18(20-8-10-22-11-9-20)12-13-6-7-17(18,4)16(13,2)3/h13-14H,5-12,19H2,1-4H3/t13-,14+,17+,18+/m1/s1. The van der Waals surface area contributed by atoms with Crippen molar-refractivity contribution in [3.8, 4) is 0 Å². The van der Waals surface area contributed by atoms with Gasteiger partial charge in [-0.1, -0.05) is 20.8 Å². The van der Waals surface area contributed by atoms with Gasteiger partial charge in [0, 0.05) is 13.1 Å². The first-order valence-corrected chi connectivity index (χ1v) is 9.06. The van der Waals surface area contributed by atoms with Crippen LogP contribution in [0.1, 0.15) is 47.0 Å². The minimum Gasteiger partial charge on any atom is -0.465 e. The number of hydrogen-bond donors (Lipinski definition) is 1. The van der Waals surface area contributed by atoms with Gasteiger partial charge in [0.15, 0.2) is 0 Å². The Balaban J connectivity index is 2.03. The van der Waals surface area contributed by atoms with Gasteiger partial charge in [0.1, 0.15) is 6.04 Å². The Morgan fingerprint density at radius 3 is 2.48 bits per heavy atom. The van der Waals surface area contributed by atoms with E-state index in [9.17, 15) is 4.79 Å². The minimum atomic E-state index is -0.588. The predicted octanol–water partition coefficient (Wildman–Crippen LogP) is 1.79. The van der Waals surface area contributed by atoms with Crippen LogP contribution in [0.3, 0.4) is 0 Å². The molecule has 0 aromatic carbocycles. The zero-order chi connectivity index (χ0) is 16.9. The first-order valence-electron chi connectivity index (χ1n) is 9.06. The number of carbonyl (C=O) groups excluding carboxylic acids is 1. The summed E-state index contributed by atoms with van der Waals surface area (Å²) in [6.07, 6.45) is 3.37. The van der Waals surface area contributed by atoms with Crippen molar-refractivity contribution in [1.29, 1.82) is 0 Å². The highest BCUT2D eigenvalue weighted by molar-refractivity contribution is 5.78. The third-order valence-electron chi connectivity index (χ3n) is 7.58. The Kier molecular flexibility index (Phi) is 4.27. The number of rotatable bonds is 4. The molecule has 2 bridgehead atoms. The van der Waals surface area contributed by atoms with Gasteiger partial charge in [-0.3, -0.25) is 9.69 Å². The summed E-state index contributed by atoms with van der Waals surface area (Å²) in [4.78, 5) is 15.1. The largest absolute Gasteiger partial charge is 0.465 e. The molecule has 3 fully saturated rings. The maximum Gasteiger partial charge on any atom is 0.324 e. The molecule has 0 unspecified atom stereocenters. The molecular weight excluding hydrogens is 292 g/mol. The molecule has 0 aromatic rings. The average molecular weight is 324 g/mol. The van der Waals surface area contributed by atoms with E-state index in [0.717, 1.165) is 39.1 Å². The van der Waals surface area contributed by atoms with E-state index in [2.05, 4.69) is 25.7 Å². The van der Waals surface area contributed by atoms with Gasteiger partial charge in [-0.15, -0.1) is 0 Å². The fourth-order valence-electron chi connectivity index (χ4n) is 5.86. The molecule has 2 saturated carbocycles. The van der Waals surface area contributed by atoms with Crippen LogP contribution in [-0.4, -0.2) is 55.4 Å². The fourth-order valence-corrected chi connectivity index (χ4v) is 5.86. The van der Waals surface area contributed by atoms with E-state index in [-0.39, 0.29) is 22.3 Å². The Hall–Kier alpha value is -0.650. The van der Waals surface area contributed by atoms with Crippen molar-refractivity contribution < 1.29 is 14.3 Å². The molecule has 5 nitrogen and oxygen atoms in total. The Morgan fingerprint density at radius 2 is 2.00 bits per heavy atom. The van der Waals surface area contributed by atoms with Crippen LogP contribution in [0, 0.1) is 16.7 Å². The maximum atomic E-state index is 12.6. The van der Waals surface area contributed by atoms with E-state index in [0.29, 0.717) is 12.5 Å². The zero-order valence-corrected chi connectivity index (χ0v) is 15.1. The summed E-state index contributed by atoms with van der Waals surface area (Å²) in [7, 11) is 0. The van der Waals surface area contributed by atoms with E-state index in [4.69, 9.17) is 15.2 Å². The summed E-state index contributed by atoms with van der Waals surface area (Å²) >= 11 is 0. The lowest BCUT2D eigenvalue weighted by molar-refractivity contribution is -0.159. The van der Waals surface area contributed by atoms with E-state index >= 15 is 0 Å². The third kappa shape index (κ3) is 2.12. The number of carbonyl (C=O) groups is 1. The predicted molar refractivity (Wildman–Crippen MR) is 89.0 cm³/mol. The average Bonchev–Trinajstić information content (AvgIpc) is 2.87.